The first kappa shape index (κ1) is 20.4. The second-order valence-corrected chi connectivity index (χ2v) is 8.30. The minimum Gasteiger partial charge on any atom is -0.444 e. The highest BCUT2D eigenvalue weighted by atomic mass is 32.2. The molecular formula is C18H21N3O5S. The fraction of sp³-hybridized carbons (Fsp3) is 0.222. The van der Waals surface area contributed by atoms with Crippen LogP contribution < -0.4 is 15.8 Å². The Morgan fingerprint density at radius 3 is 2.15 bits per heavy atom. The van der Waals surface area contributed by atoms with Crippen molar-refractivity contribution in [2.45, 2.75) is 31.3 Å². The molecule has 0 aromatic heterocycles. The number of hydrogen-bond donors (Lipinski definition) is 3. The van der Waals surface area contributed by atoms with Gasteiger partial charge in [-0.1, -0.05) is 12.1 Å². The van der Waals surface area contributed by atoms with Crippen LogP contribution in [0.1, 0.15) is 31.1 Å². The molecule has 0 radical (unpaired) electrons. The Labute approximate surface area is 157 Å². The molecule has 27 heavy (non-hydrogen) atoms. The summed E-state index contributed by atoms with van der Waals surface area (Å²) in [5, 5.41) is 10.2. The third kappa shape index (κ3) is 6.39. The van der Waals surface area contributed by atoms with Gasteiger partial charge in [0.15, 0.2) is 0 Å². The van der Waals surface area contributed by atoms with Crippen LogP contribution in [0.4, 0.5) is 16.2 Å². The molecule has 0 saturated carbocycles. The average molecular weight is 391 g/mol. The number of ether oxygens (including phenoxy) is 1. The van der Waals surface area contributed by atoms with Crippen LogP contribution in [-0.2, 0) is 14.8 Å². The molecule has 4 N–H and O–H groups in total. The first-order valence-electron chi connectivity index (χ1n) is 7.98. The summed E-state index contributed by atoms with van der Waals surface area (Å²) >= 11 is 0. The van der Waals surface area contributed by atoms with E-state index in [2.05, 4.69) is 10.6 Å². The summed E-state index contributed by atoms with van der Waals surface area (Å²) in [5.41, 5.74) is 0.282. The third-order valence-corrected chi connectivity index (χ3v) is 4.10. The zero-order chi connectivity index (χ0) is 20.2. The van der Waals surface area contributed by atoms with Crippen molar-refractivity contribution in [3.8, 4) is 0 Å². The van der Waals surface area contributed by atoms with Gasteiger partial charge in [-0.2, -0.15) is 0 Å². The molecule has 2 rings (SSSR count). The van der Waals surface area contributed by atoms with Crippen LogP contribution in [0.15, 0.2) is 53.4 Å². The van der Waals surface area contributed by atoms with Crippen LogP contribution in [0.3, 0.4) is 0 Å². The Bertz CT molecular complexity index is 965. The van der Waals surface area contributed by atoms with Gasteiger partial charge in [0, 0.05) is 16.9 Å². The summed E-state index contributed by atoms with van der Waals surface area (Å²) in [7, 11) is -3.87. The molecule has 0 atom stereocenters. The first-order chi connectivity index (χ1) is 12.4. The third-order valence-electron chi connectivity index (χ3n) is 3.19. The van der Waals surface area contributed by atoms with Crippen molar-refractivity contribution in [2.75, 3.05) is 10.6 Å². The number of amides is 2. The Morgan fingerprint density at radius 2 is 1.56 bits per heavy atom. The second kappa shape index (κ2) is 7.77. The van der Waals surface area contributed by atoms with E-state index in [1.807, 2.05) is 0 Å². The highest BCUT2D eigenvalue weighted by Gasteiger charge is 2.17. The Morgan fingerprint density at radius 1 is 0.963 bits per heavy atom. The smallest absolute Gasteiger partial charge is 0.412 e. The van der Waals surface area contributed by atoms with Crippen molar-refractivity contribution in [3.05, 3.63) is 54.1 Å². The quantitative estimate of drug-likeness (QED) is 0.738. The normalized spacial score (nSPS) is 11.6. The first-order valence-corrected chi connectivity index (χ1v) is 9.53. The van der Waals surface area contributed by atoms with Gasteiger partial charge in [0.05, 0.1) is 4.90 Å². The lowest BCUT2D eigenvalue weighted by Crippen LogP contribution is -2.27. The van der Waals surface area contributed by atoms with Crippen molar-refractivity contribution in [2.24, 2.45) is 5.14 Å². The number of rotatable bonds is 4. The SMILES string of the molecule is CC(C)(C)OC(=O)Nc1cccc(C(=O)Nc2cccc(S(N)(=O)=O)c2)c1. The van der Waals surface area contributed by atoms with Gasteiger partial charge in [-0.3, -0.25) is 10.1 Å². The Hall–Kier alpha value is -2.91. The molecule has 0 aliphatic rings. The van der Waals surface area contributed by atoms with E-state index >= 15 is 0 Å². The van der Waals surface area contributed by atoms with Gasteiger partial charge < -0.3 is 10.1 Å². The maximum absolute atomic E-state index is 12.4. The standard InChI is InChI=1S/C18H21N3O5S/c1-18(2,3)26-17(23)21-13-7-4-6-12(10-13)16(22)20-14-8-5-9-15(11-14)27(19,24)25/h4-11H,1-3H3,(H,20,22)(H,21,23)(H2,19,24,25). The number of nitrogens with two attached hydrogens (primary N) is 1. The van der Waals surface area contributed by atoms with Crippen molar-refractivity contribution in [3.63, 3.8) is 0 Å². The van der Waals surface area contributed by atoms with Crippen LogP contribution in [0.25, 0.3) is 0 Å². The molecule has 2 amide bonds. The molecule has 2 aromatic carbocycles. The molecule has 0 spiro atoms. The van der Waals surface area contributed by atoms with Crippen LogP contribution in [-0.4, -0.2) is 26.0 Å². The summed E-state index contributed by atoms with van der Waals surface area (Å²) in [6.45, 7) is 5.23. The lowest BCUT2D eigenvalue weighted by molar-refractivity contribution is 0.0635. The predicted octanol–water partition coefficient (Wildman–Crippen LogP) is 2.93. The summed E-state index contributed by atoms with van der Waals surface area (Å²) in [6.07, 6.45) is -0.638. The van der Waals surface area contributed by atoms with Crippen molar-refractivity contribution >= 4 is 33.4 Å². The van der Waals surface area contributed by atoms with Crippen LogP contribution >= 0.6 is 0 Å². The van der Waals surface area contributed by atoms with Crippen molar-refractivity contribution in [1.82, 2.24) is 0 Å². The number of benzene rings is 2. The number of hydrogen-bond acceptors (Lipinski definition) is 5. The largest absolute Gasteiger partial charge is 0.444 e. The predicted molar refractivity (Wildman–Crippen MR) is 102 cm³/mol. The maximum atomic E-state index is 12.4. The minimum absolute atomic E-state index is 0.111. The molecule has 144 valence electrons. The Kier molecular flexibility index (Phi) is 5.87. The van der Waals surface area contributed by atoms with Gasteiger partial charge in [-0.15, -0.1) is 0 Å². The van der Waals surface area contributed by atoms with E-state index in [1.54, 1.807) is 39.0 Å². The number of carbonyl (C=O) groups is 2. The molecule has 2 aromatic rings. The van der Waals surface area contributed by atoms with Crippen molar-refractivity contribution < 1.29 is 22.7 Å². The number of sulfonamides is 1. The topological polar surface area (TPSA) is 128 Å². The number of primary sulfonamides is 1. The number of nitrogens with one attached hydrogen (secondary N) is 2. The van der Waals surface area contributed by atoms with Gasteiger partial charge >= 0.3 is 6.09 Å². The van der Waals surface area contributed by atoms with E-state index < -0.39 is 27.6 Å². The maximum Gasteiger partial charge on any atom is 0.412 e. The fourth-order valence-electron chi connectivity index (χ4n) is 2.11. The highest BCUT2D eigenvalue weighted by molar-refractivity contribution is 7.89. The van der Waals surface area contributed by atoms with Gasteiger partial charge in [0.1, 0.15) is 5.60 Å². The van der Waals surface area contributed by atoms with Crippen molar-refractivity contribution in [1.29, 1.82) is 0 Å². The molecular weight excluding hydrogens is 370 g/mol. The molecule has 0 heterocycles. The van der Waals surface area contributed by atoms with E-state index in [0.29, 0.717) is 5.69 Å². The molecule has 0 aliphatic carbocycles. The summed E-state index contributed by atoms with van der Waals surface area (Å²) in [5.74, 6) is -0.477. The lowest BCUT2D eigenvalue weighted by atomic mass is 10.2. The van der Waals surface area contributed by atoms with E-state index in [9.17, 15) is 18.0 Å². The number of anilines is 2. The summed E-state index contributed by atoms with van der Waals surface area (Å²) in [4.78, 5) is 24.1. The van der Waals surface area contributed by atoms with Gasteiger partial charge in [0.2, 0.25) is 10.0 Å². The van der Waals surface area contributed by atoms with Crippen LogP contribution in [0.5, 0.6) is 0 Å². The lowest BCUT2D eigenvalue weighted by Gasteiger charge is -2.19. The fourth-order valence-corrected chi connectivity index (χ4v) is 2.67. The van der Waals surface area contributed by atoms with E-state index in [1.165, 1.54) is 30.3 Å². The monoisotopic (exact) mass is 391 g/mol. The zero-order valence-electron chi connectivity index (χ0n) is 15.1. The molecule has 0 bridgehead atoms. The highest BCUT2D eigenvalue weighted by Crippen LogP contribution is 2.17. The van der Waals surface area contributed by atoms with Gasteiger partial charge in [-0.25, -0.2) is 18.4 Å². The second-order valence-electron chi connectivity index (χ2n) is 6.73. The Balaban J connectivity index is 2.13. The molecule has 0 saturated heterocycles. The molecule has 0 aliphatic heterocycles. The molecule has 0 fully saturated rings. The van der Waals surface area contributed by atoms with E-state index in [0.717, 1.165) is 0 Å². The minimum atomic E-state index is -3.87. The number of carbonyl (C=O) groups excluding carboxylic acids is 2. The van der Waals surface area contributed by atoms with E-state index in [4.69, 9.17) is 9.88 Å². The van der Waals surface area contributed by atoms with Crippen LogP contribution in [0.2, 0.25) is 0 Å². The molecule has 9 heteroatoms. The molecule has 8 nitrogen and oxygen atoms in total. The molecule has 0 unspecified atom stereocenters. The van der Waals surface area contributed by atoms with E-state index in [-0.39, 0.29) is 16.1 Å². The summed E-state index contributed by atoms with van der Waals surface area (Å²) < 4.78 is 28.0. The average Bonchev–Trinajstić information content (AvgIpc) is 2.52. The van der Waals surface area contributed by atoms with Crippen LogP contribution in [0, 0.1) is 0 Å². The van der Waals surface area contributed by atoms with Gasteiger partial charge in [-0.05, 0) is 57.2 Å². The summed E-state index contributed by atoms with van der Waals surface area (Å²) in [6, 6.07) is 11.8. The zero-order valence-corrected chi connectivity index (χ0v) is 16.0. The van der Waals surface area contributed by atoms with Gasteiger partial charge in [0.25, 0.3) is 5.91 Å².